The fourth-order valence-corrected chi connectivity index (χ4v) is 10.0. The summed E-state index contributed by atoms with van der Waals surface area (Å²) in [5, 5.41) is 25.3. The van der Waals surface area contributed by atoms with Crippen molar-refractivity contribution in [2.24, 2.45) is 5.41 Å². The molecule has 5 heterocycles. The first-order valence-corrected chi connectivity index (χ1v) is 24.9. The number of halogens is 4. The van der Waals surface area contributed by atoms with Gasteiger partial charge >= 0.3 is 6.18 Å². The molecule has 5 aromatic rings. The number of hydrogen-bond acceptors (Lipinski definition) is 13. The van der Waals surface area contributed by atoms with E-state index in [9.17, 15) is 42.7 Å². The molecule has 3 N–H and O–H groups in total. The van der Waals surface area contributed by atoms with Gasteiger partial charge < -0.3 is 35.0 Å². The number of anilines is 2. The molecule has 0 spiro atoms. The van der Waals surface area contributed by atoms with Gasteiger partial charge in [0.25, 0.3) is 5.91 Å². The maximum absolute atomic E-state index is 15.4. The van der Waals surface area contributed by atoms with Crippen LogP contribution in [0.5, 0.6) is 5.88 Å². The molecule has 0 saturated carbocycles. The van der Waals surface area contributed by atoms with Crippen molar-refractivity contribution in [3.05, 3.63) is 107 Å². The zero-order valence-corrected chi connectivity index (χ0v) is 43.3. The second kappa shape index (κ2) is 22.3. The minimum Gasteiger partial charge on any atom is -0.478 e. The minimum atomic E-state index is -5.21. The zero-order valence-electron chi connectivity index (χ0n) is 41.6. The van der Waals surface area contributed by atoms with Gasteiger partial charge in [-0.3, -0.25) is 29.1 Å². The van der Waals surface area contributed by atoms with Crippen molar-refractivity contribution in [1.29, 1.82) is 5.26 Å². The number of aliphatic hydroxyl groups is 1. The minimum absolute atomic E-state index is 0.0568. The summed E-state index contributed by atoms with van der Waals surface area (Å²) in [6, 6.07) is 15.2. The molecule has 0 aliphatic carbocycles. The molecule has 0 unspecified atom stereocenters. The van der Waals surface area contributed by atoms with Crippen molar-refractivity contribution in [3.63, 3.8) is 0 Å². The number of thiazole rings is 1. The number of rotatable bonds is 17. The lowest BCUT2D eigenvalue weighted by molar-refractivity contribution is -0.144. The number of aliphatic hydroxyl groups excluding tert-OH is 1. The standard InChI is InChI=1S/C52H55F4N9O7S2/c1-29(31-10-12-32(13-11-31)44-30(2)60-28-74-44)61-46(68)39-22-36(66)26-63(39)47(69)45(50(3,4)5)62-40(67)27-71-20-8-9-21-72-41-19-15-34(24-59-41)37-17-16-35(25-58-37)65-49(73)64(48(70)51(65,6)7)38-18-14-33(23-57)42(43(38)53)52(54,55)56/h10-19,24-25,28-29,36,39,45,66H,8-9,20-22,26-27H2,1-7H3,(H,61,68)(H,62,67)/t29-,36+,39-,45+/m0/s1. The van der Waals surface area contributed by atoms with Crippen molar-refractivity contribution in [3.8, 4) is 33.6 Å². The number of pyridine rings is 2. The van der Waals surface area contributed by atoms with Crippen molar-refractivity contribution < 1.29 is 51.3 Å². The van der Waals surface area contributed by atoms with E-state index in [1.54, 1.807) is 68.1 Å². The Balaban J connectivity index is 0.854. The van der Waals surface area contributed by atoms with Crippen LogP contribution in [0.1, 0.15) is 89.2 Å². The normalized spacial score (nSPS) is 17.5. The van der Waals surface area contributed by atoms with Crippen molar-refractivity contribution in [2.45, 2.75) is 104 Å². The monoisotopic (exact) mass is 1060 g/mol. The van der Waals surface area contributed by atoms with Gasteiger partial charge in [-0.15, -0.1) is 11.3 Å². The van der Waals surface area contributed by atoms with Gasteiger partial charge in [0.1, 0.15) is 29.8 Å². The molecule has 2 aliphatic heterocycles. The number of thiocarbonyl (C=S) groups is 1. The number of nitrogens with zero attached hydrogens (tertiary/aromatic N) is 7. The van der Waals surface area contributed by atoms with Crippen LogP contribution in [-0.2, 0) is 30.1 Å². The molecule has 3 aromatic heterocycles. The number of alkyl halides is 3. The first kappa shape index (κ1) is 54.8. The Labute approximate surface area is 434 Å². The van der Waals surface area contributed by atoms with Gasteiger partial charge in [-0.1, -0.05) is 45.0 Å². The number of nitriles is 1. The second-order valence-corrected chi connectivity index (χ2v) is 20.7. The van der Waals surface area contributed by atoms with Gasteiger partial charge in [-0.25, -0.2) is 14.4 Å². The number of likely N-dealkylation sites (tertiary alicyclic amines) is 1. The van der Waals surface area contributed by atoms with E-state index in [-0.39, 0.29) is 43.9 Å². The maximum Gasteiger partial charge on any atom is 0.420 e. The Morgan fingerprint density at radius 1 is 0.973 bits per heavy atom. The molecule has 0 radical (unpaired) electrons. The maximum atomic E-state index is 15.4. The third kappa shape index (κ3) is 11.9. The summed E-state index contributed by atoms with van der Waals surface area (Å²) >= 11 is 7.08. The van der Waals surface area contributed by atoms with Gasteiger partial charge in [0, 0.05) is 37.4 Å². The quantitative estimate of drug-likeness (QED) is 0.0459. The van der Waals surface area contributed by atoms with Crippen LogP contribution in [0, 0.1) is 29.5 Å². The molecule has 2 aliphatic rings. The molecule has 390 valence electrons. The molecule has 16 nitrogen and oxygen atoms in total. The lowest BCUT2D eigenvalue weighted by atomic mass is 9.85. The lowest BCUT2D eigenvalue weighted by Crippen LogP contribution is -2.58. The first-order valence-electron chi connectivity index (χ1n) is 23.6. The highest BCUT2D eigenvalue weighted by atomic mass is 32.1. The molecule has 2 fully saturated rings. The number of aryl methyl sites for hydroxylation is 1. The molecule has 2 aromatic carbocycles. The zero-order chi connectivity index (χ0) is 53.9. The van der Waals surface area contributed by atoms with E-state index < -0.39 is 81.6 Å². The number of carbonyl (C=O) groups is 4. The second-order valence-electron chi connectivity index (χ2n) is 19.5. The van der Waals surface area contributed by atoms with Gasteiger partial charge in [0.05, 0.1) is 69.7 Å². The SMILES string of the molecule is Cc1ncsc1-c1ccc([C@H](C)NC(=O)[C@@H]2C[C@@H](O)CN2C(=O)[C@@H](NC(=O)COCCCCOc2ccc(-c3ccc(N4C(=S)N(c5ccc(C#N)c(C(F)(F)F)c5F)C(=O)C4(C)C)cn3)cn2)C(C)(C)C)cc1. The van der Waals surface area contributed by atoms with Crippen LogP contribution in [0.3, 0.4) is 0 Å². The number of hydrogen-bond donors (Lipinski definition) is 3. The van der Waals surface area contributed by atoms with Crippen LogP contribution in [0.2, 0.25) is 0 Å². The molecule has 7 rings (SSSR count). The van der Waals surface area contributed by atoms with Gasteiger partial charge in [-0.2, -0.15) is 18.4 Å². The number of benzene rings is 2. The summed E-state index contributed by atoms with van der Waals surface area (Å²) in [4.78, 5) is 72.1. The highest BCUT2D eigenvalue weighted by Gasteiger charge is 2.52. The Morgan fingerprint density at radius 2 is 1.68 bits per heavy atom. The molecule has 4 amide bonds. The van der Waals surface area contributed by atoms with E-state index in [1.807, 2.05) is 38.1 Å². The lowest BCUT2D eigenvalue weighted by Gasteiger charge is -2.35. The van der Waals surface area contributed by atoms with Crippen molar-refractivity contribution in [2.75, 3.05) is 36.2 Å². The average molecular weight is 1060 g/mol. The van der Waals surface area contributed by atoms with Crippen LogP contribution in [0.15, 0.2) is 78.6 Å². The fraction of sp³-hybridized carbons (Fsp3) is 0.404. The highest BCUT2D eigenvalue weighted by molar-refractivity contribution is 7.81. The van der Waals surface area contributed by atoms with Crippen molar-refractivity contribution in [1.82, 2.24) is 30.5 Å². The van der Waals surface area contributed by atoms with E-state index in [0.717, 1.165) is 33.8 Å². The average Bonchev–Trinajstić information content (AvgIpc) is 4.02. The number of nitrogens with one attached hydrogen (secondary N) is 2. The van der Waals surface area contributed by atoms with Crippen LogP contribution < -0.4 is 25.2 Å². The van der Waals surface area contributed by atoms with Crippen LogP contribution >= 0.6 is 23.6 Å². The van der Waals surface area contributed by atoms with Crippen LogP contribution in [0.4, 0.5) is 28.9 Å². The molecular weight excluding hydrogens is 1000 g/mol. The predicted octanol–water partition coefficient (Wildman–Crippen LogP) is 8.07. The van der Waals surface area contributed by atoms with E-state index in [2.05, 4.69) is 25.6 Å². The number of ether oxygens (including phenoxy) is 2. The molecular formula is C52H55F4N9O7S2. The predicted molar refractivity (Wildman–Crippen MR) is 272 cm³/mol. The van der Waals surface area contributed by atoms with E-state index in [0.29, 0.717) is 40.6 Å². The summed E-state index contributed by atoms with van der Waals surface area (Å²) in [5.74, 6) is -3.64. The highest BCUT2D eigenvalue weighted by Crippen LogP contribution is 2.42. The smallest absolute Gasteiger partial charge is 0.420 e. The Kier molecular flexibility index (Phi) is 16.5. The van der Waals surface area contributed by atoms with Gasteiger partial charge in [0.2, 0.25) is 23.6 Å². The van der Waals surface area contributed by atoms with Crippen LogP contribution in [0.25, 0.3) is 21.7 Å². The summed E-state index contributed by atoms with van der Waals surface area (Å²) < 4.78 is 68.2. The van der Waals surface area contributed by atoms with E-state index >= 15 is 4.39 Å². The van der Waals surface area contributed by atoms with Gasteiger partial charge in [-0.05, 0) is 99.6 Å². The Hall–Kier alpha value is -6.93. The molecule has 2 saturated heterocycles. The van der Waals surface area contributed by atoms with E-state index in [1.165, 1.54) is 35.9 Å². The molecule has 22 heteroatoms. The van der Waals surface area contributed by atoms with Crippen LogP contribution in [-0.4, -0.2) is 104 Å². The topological polar surface area (TPSA) is 203 Å². The number of amides is 4. The summed E-state index contributed by atoms with van der Waals surface area (Å²) in [5.41, 5.74) is 0.385. The number of β-amino-alcohol motifs (C(OH)–C–C–N with tert-alkyl or cyclic N) is 1. The van der Waals surface area contributed by atoms with E-state index in [4.69, 9.17) is 21.7 Å². The Bertz CT molecular complexity index is 2940. The molecule has 0 bridgehead atoms. The molecule has 4 atom stereocenters. The van der Waals surface area contributed by atoms with Gasteiger partial charge in [0.15, 0.2) is 10.9 Å². The Morgan fingerprint density at radius 3 is 2.28 bits per heavy atom. The summed E-state index contributed by atoms with van der Waals surface area (Å²) in [6.07, 6.45) is -2.00. The summed E-state index contributed by atoms with van der Waals surface area (Å²) in [6.45, 7) is 12.3. The molecule has 74 heavy (non-hydrogen) atoms. The van der Waals surface area contributed by atoms with Crippen molar-refractivity contribution >= 4 is 63.7 Å². The summed E-state index contributed by atoms with van der Waals surface area (Å²) in [7, 11) is 0. The fourth-order valence-electron chi connectivity index (χ4n) is 8.72. The number of unbranched alkanes of at least 4 members (excludes halogenated alkanes) is 1. The first-order chi connectivity index (χ1) is 34.9. The number of carbonyl (C=O) groups excluding carboxylic acids is 4. The number of aromatic nitrogens is 3. The third-order valence-electron chi connectivity index (χ3n) is 12.7. The largest absolute Gasteiger partial charge is 0.478 e. The third-order valence-corrected chi connectivity index (χ3v) is 14.0.